The summed E-state index contributed by atoms with van der Waals surface area (Å²) in [5.74, 6) is -2.14. The summed E-state index contributed by atoms with van der Waals surface area (Å²) in [5, 5.41) is 19.6. The van der Waals surface area contributed by atoms with Crippen LogP contribution in [0.1, 0.15) is 35.3 Å². The van der Waals surface area contributed by atoms with Crippen LogP contribution in [0, 0.1) is 0 Å². The van der Waals surface area contributed by atoms with Crippen molar-refractivity contribution in [2.75, 3.05) is 0 Å². The van der Waals surface area contributed by atoms with Crippen molar-refractivity contribution in [3.63, 3.8) is 0 Å². The molecule has 0 amide bonds. The fourth-order valence-electron chi connectivity index (χ4n) is 2.03. The van der Waals surface area contributed by atoms with Gasteiger partial charge in [0, 0.05) is 4.47 Å². The molecule has 0 aliphatic rings. The van der Waals surface area contributed by atoms with Gasteiger partial charge in [-0.1, -0.05) is 28.1 Å². The summed E-state index contributed by atoms with van der Waals surface area (Å²) in [6.45, 7) is 2.95. The van der Waals surface area contributed by atoms with Gasteiger partial charge in [0.1, 0.15) is 16.9 Å². The Morgan fingerprint density at radius 2 is 1.78 bits per heavy atom. The minimum atomic E-state index is -0.956. The van der Waals surface area contributed by atoms with Gasteiger partial charge < -0.3 is 14.6 Å². The summed E-state index contributed by atoms with van der Waals surface area (Å²) in [7, 11) is 0. The molecule has 0 saturated carbocycles. The Labute approximate surface area is 140 Å². The fraction of sp³-hybridized carbons (Fsp3) is 0.188. The molecule has 0 radical (unpaired) electrons. The summed E-state index contributed by atoms with van der Waals surface area (Å²) in [4.78, 5) is 27.5. The molecule has 0 unspecified atom stereocenters. The molecule has 1 heterocycles. The smallest absolute Gasteiger partial charge is 0.351 e. The van der Waals surface area contributed by atoms with Crippen molar-refractivity contribution in [1.29, 1.82) is 0 Å². The number of hydrogen-bond acceptors (Lipinski definition) is 6. The number of benzene rings is 1. The van der Waals surface area contributed by atoms with Crippen LogP contribution < -0.4 is 5.63 Å². The molecule has 7 heteroatoms. The first-order valence-corrected chi connectivity index (χ1v) is 7.46. The Morgan fingerprint density at radius 1 is 1.17 bits per heavy atom. The second kappa shape index (κ2) is 6.78. The number of carbonyl (C=O) groups is 1. The minimum absolute atomic E-state index is 0.210. The molecule has 0 bridgehead atoms. The standard InChI is InChI=1S/C16H14BrNO5/c1-8(18-7-10-3-5-11(17)6-4-10)12-14(20)13(9(2)19)16(22)23-15(12)21/h3-6,20,22H,7H2,1-2H3. The lowest BCUT2D eigenvalue weighted by Crippen LogP contribution is -2.15. The molecule has 0 saturated heterocycles. The molecule has 1 aromatic carbocycles. The van der Waals surface area contributed by atoms with E-state index in [0.29, 0.717) is 0 Å². The van der Waals surface area contributed by atoms with Gasteiger partial charge in [-0.25, -0.2) is 4.79 Å². The SMILES string of the molecule is CC(=O)c1c(O)oc(=O)c(C(C)=NCc2ccc(Br)cc2)c1O. The highest BCUT2D eigenvalue weighted by Gasteiger charge is 2.23. The van der Waals surface area contributed by atoms with Gasteiger partial charge in [-0.2, -0.15) is 0 Å². The van der Waals surface area contributed by atoms with Gasteiger partial charge in [-0.15, -0.1) is 0 Å². The van der Waals surface area contributed by atoms with E-state index in [1.165, 1.54) is 6.92 Å². The van der Waals surface area contributed by atoms with E-state index in [-0.39, 0.29) is 17.8 Å². The average Bonchev–Trinajstić information content (AvgIpc) is 2.45. The summed E-state index contributed by atoms with van der Waals surface area (Å²) >= 11 is 3.33. The third-order valence-corrected chi connectivity index (χ3v) is 3.74. The molecule has 2 aromatic rings. The highest BCUT2D eigenvalue weighted by molar-refractivity contribution is 9.10. The number of aromatic hydroxyl groups is 2. The Hall–Kier alpha value is -2.41. The molecular weight excluding hydrogens is 366 g/mol. The van der Waals surface area contributed by atoms with Crippen molar-refractivity contribution in [3.05, 3.63) is 55.8 Å². The van der Waals surface area contributed by atoms with E-state index in [1.807, 2.05) is 24.3 Å². The zero-order chi connectivity index (χ0) is 17.1. The zero-order valence-corrected chi connectivity index (χ0v) is 14.0. The molecule has 0 aliphatic carbocycles. The first kappa shape index (κ1) is 17.0. The summed E-state index contributed by atoms with van der Waals surface area (Å²) in [5.41, 5.74) is -0.506. The number of hydrogen-bond donors (Lipinski definition) is 2. The Kier molecular flexibility index (Phi) is 5.00. The van der Waals surface area contributed by atoms with Crippen LogP contribution in [0.15, 0.2) is 42.9 Å². The number of rotatable bonds is 4. The third kappa shape index (κ3) is 3.68. The van der Waals surface area contributed by atoms with Gasteiger partial charge in [0.05, 0.1) is 12.3 Å². The van der Waals surface area contributed by atoms with E-state index in [0.717, 1.165) is 17.0 Å². The summed E-state index contributed by atoms with van der Waals surface area (Å²) in [6, 6.07) is 7.45. The molecule has 2 N–H and O–H groups in total. The summed E-state index contributed by atoms with van der Waals surface area (Å²) < 4.78 is 5.54. The van der Waals surface area contributed by atoms with E-state index in [4.69, 9.17) is 0 Å². The number of carbonyl (C=O) groups excluding carboxylic acids is 1. The Balaban J connectivity index is 2.42. The molecule has 6 nitrogen and oxygen atoms in total. The van der Waals surface area contributed by atoms with Crippen LogP contribution in [0.3, 0.4) is 0 Å². The van der Waals surface area contributed by atoms with Gasteiger partial charge in [0.25, 0.3) is 5.95 Å². The lowest BCUT2D eigenvalue weighted by molar-refractivity contribution is 0.100. The van der Waals surface area contributed by atoms with Crippen molar-refractivity contribution < 1.29 is 19.4 Å². The van der Waals surface area contributed by atoms with E-state index >= 15 is 0 Å². The number of ketones is 1. The third-order valence-electron chi connectivity index (χ3n) is 3.21. The zero-order valence-electron chi connectivity index (χ0n) is 12.5. The molecule has 120 valence electrons. The van der Waals surface area contributed by atoms with E-state index < -0.39 is 28.7 Å². The molecule has 0 aliphatic heterocycles. The van der Waals surface area contributed by atoms with Crippen molar-refractivity contribution in [3.8, 4) is 11.7 Å². The largest absolute Gasteiger partial charge is 0.506 e. The second-order valence-electron chi connectivity index (χ2n) is 4.88. The molecule has 0 fully saturated rings. The van der Waals surface area contributed by atoms with Crippen molar-refractivity contribution in [1.82, 2.24) is 0 Å². The van der Waals surface area contributed by atoms with Crippen LogP contribution in [0.4, 0.5) is 0 Å². The maximum Gasteiger partial charge on any atom is 0.351 e. The maximum atomic E-state index is 11.8. The highest BCUT2D eigenvalue weighted by atomic mass is 79.9. The average molecular weight is 380 g/mol. The number of halogens is 1. The minimum Gasteiger partial charge on any atom is -0.506 e. The van der Waals surface area contributed by atoms with E-state index in [2.05, 4.69) is 25.3 Å². The number of aliphatic imine (C=N–C) groups is 1. The van der Waals surface area contributed by atoms with Crippen LogP contribution in [0.5, 0.6) is 11.7 Å². The lowest BCUT2D eigenvalue weighted by atomic mass is 10.1. The molecule has 23 heavy (non-hydrogen) atoms. The maximum absolute atomic E-state index is 11.8. The van der Waals surface area contributed by atoms with Crippen LogP contribution in [0.2, 0.25) is 0 Å². The molecular formula is C16H14BrNO5. The molecule has 2 rings (SSSR count). The first-order valence-electron chi connectivity index (χ1n) is 6.67. The molecule has 1 aromatic heterocycles. The molecule has 0 atom stereocenters. The predicted octanol–water partition coefficient (Wildman–Crippen LogP) is 3.03. The number of nitrogens with zero attached hydrogens (tertiary/aromatic N) is 1. The van der Waals surface area contributed by atoms with E-state index in [1.54, 1.807) is 0 Å². The highest BCUT2D eigenvalue weighted by Crippen LogP contribution is 2.28. The van der Waals surface area contributed by atoms with Crippen LogP contribution in [-0.4, -0.2) is 21.7 Å². The van der Waals surface area contributed by atoms with Crippen LogP contribution >= 0.6 is 15.9 Å². The monoisotopic (exact) mass is 379 g/mol. The Bertz CT molecular complexity index is 837. The fourth-order valence-corrected chi connectivity index (χ4v) is 2.29. The van der Waals surface area contributed by atoms with Crippen LogP contribution in [0.25, 0.3) is 0 Å². The van der Waals surface area contributed by atoms with Gasteiger partial charge in [-0.3, -0.25) is 9.79 Å². The van der Waals surface area contributed by atoms with Gasteiger partial charge in [0.2, 0.25) is 0 Å². The van der Waals surface area contributed by atoms with Gasteiger partial charge >= 0.3 is 5.63 Å². The predicted molar refractivity (Wildman–Crippen MR) is 88.4 cm³/mol. The Morgan fingerprint density at radius 3 is 2.35 bits per heavy atom. The number of Topliss-reactive ketones (excluding diaryl/α,β-unsaturated/α-hetero) is 1. The van der Waals surface area contributed by atoms with Crippen molar-refractivity contribution >= 4 is 27.4 Å². The normalized spacial score (nSPS) is 11.5. The quantitative estimate of drug-likeness (QED) is 0.627. The van der Waals surface area contributed by atoms with Crippen LogP contribution in [-0.2, 0) is 6.54 Å². The van der Waals surface area contributed by atoms with Gasteiger partial charge in [0.15, 0.2) is 5.78 Å². The lowest BCUT2D eigenvalue weighted by Gasteiger charge is -2.07. The topological polar surface area (TPSA) is 100 Å². The first-order chi connectivity index (χ1) is 10.8. The van der Waals surface area contributed by atoms with Gasteiger partial charge in [-0.05, 0) is 31.5 Å². The summed E-state index contributed by atoms with van der Waals surface area (Å²) in [6.07, 6.45) is 0. The van der Waals surface area contributed by atoms with Crippen molar-refractivity contribution in [2.45, 2.75) is 20.4 Å². The van der Waals surface area contributed by atoms with E-state index in [9.17, 15) is 19.8 Å². The van der Waals surface area contributed by atoms with Crippen molar-refractivity contribution in [2.24, 2.45) is 4.99 Å². The molecule has 0 spiro atoms. The second-order valence-corrected chi connectivity index (χ2v) is 5.79.